The molecule has 0 saturated heterocycles. The molecule has 0 atom stereocenters. The second kappa shape index (κ2) is 6.64. The van der Waals surface area contributed by atoms with Crippen LogP contribution in [0.5, 0.6) is 0 Å². The maximum absolute atomic E-state index is 2.39. The molecule has 0 spiro atoms. The van der Waals surface area contributed by atoms with Gasteiger partial charge in [0.25, 0.3) is 0 Å². The van der Waals surface area contributed by atoms with E-state index in [4.69, 9.17) is 0 Å². The molecule has 0 amide bonds. The van der Waals surface area contributed by atoms with E-state index < -0.39 is 12.1 Å². The van der Waals surface area contributed by atoms with Gasteiger partial charge in [-0.05, 0) is 0 Å². The van der Waals surface area contributed by atoms with Crippen molar-refractivity contribution >= 4 is 22.2 Å². The zero-order valence-corrected chi connectivity index (χ0v) is 13.0. The van der Waals surface area contributed by atoms with Crippen LogP contribution in [0.4, 0.5) is 0 Å². The summed E-state index contributed by atoms with van der Waals surface area (Å²) in [6, 6.07) is 10.9. The predicted octanol–water partition coefficient (Wildman–Crippen LogP) is 4.93. The molecule has 0 aliphatic heterocycles. The number of rotatable bonds is 6. The Balaban J connectivity index is 2.54. The number of hydrogen-bond donors (Lipinski definition) is 0. The van der Waals surface area contributed by atoms with Crippen LogP contribution in [0, 0.1) is 0 Å². The van der Waals surface area contributed by atoms with Gasteiger partial charge in [-0.25, -0.2) is 0 Å². The molecule has 0 N–H and O–H groups in total. The molecule has 2 heteroatoms. The molecular weight excluding hydrogens is 261 g/mol. The Morgan fingerprint density at radius 1 is 0.933 bits per heavy atom. The van der Waals surface area contributed by atoms with Gasteiger partial charge >= 0.3 is 100 Å². The number of hydrogen-bond acceptors (Lipinski definition) is 1. The summed E-state index contributed by atoms with van der Waals surface area (Å²) in [6.45, 7) is 7.18. The molecular formula is C13H22GeS. The van der Waals surface area contributed by atoms with Crippen molar-refractivity contribution in [3.63, 3.8) is 0 Å². The third kappa shape index (κ3) is 3.88. The summed E-state index contributed by atoms with van der Waals surface area (Å²) in [4.78, 5) is 0. The molecule has 84 valence electrons. The summed E-state index contributed by atoms with van der Waals surface area (Å²) in [6.07, 6.45) is 0. The zero-order chi connectivity index (χ0) is 11.1. The summed E-state index contributed by atoms with van der Waals surface area (Å²) in [5, 5.41) is 4.39. The Bertz CT molecular complexity index is 259. The monoisotopic (exact) mass is 284 g/mol. The molecule has 0 nitrogen and oxygen atoms in total. The van der Waals surface area contributed by atoms with Gasteiger partial charge in [-0.3, -0.25) is 0 Å². The normalized spacial score (nSPS) is 11.7. The second-order valence-electron chi connectivity index (χ2n) is 4.02. The fraction of sp³-hybridized carbons (Fsp3) is 0.538. The van der Waals surface area contributed by atoms with Crippen molar-refractivity contribution in [3.8, 4) is 0 Å². The Morgan fingerprint density at radius 3 is 1.93 bits per heavy atom. The maximum atomic E-state index is 2.39. The Morgan fingerprint density at radius 2 is 1.47 bits per heavy atom. The molecule has 1 aromatic rings. The van der Waals surface area contributed by atoms with E-state index in [0.717, 1.165) is 0 Å². The van der Waals surface area contributed by atoms with E-state index in [1.54, 1.807) is 0 Å². The summed E-state index contributed by atoms with van der Waals surface area (Å²) in [5.74, 6) is 1.23. The van der Waals surface area contributed by atoms with Gasteiger partial charge in [-0.2, -0.15) is 0 Å². The van der Waals surface area contributed by atoms with Crippen molar-refractivity contribution in [1.82, 2.24) is 0 Å². The van der Waals surface area contributed by atoms with Crippen LogP contribution in [0.3, 0.4) is 0 Å². The van der Waals surface area contributed by atoms with Crippen LogP contribution in [-0.4, -0.2) is 12.1 Å². The van der Waals surface area contributed by atoms with Gasteiger partial charge < -0.3 is 0 Å². The Labute approximate surface area is 100 Å². The first-order chi connectivity index (χ1) is 7.26. The van der Waals surface area contributed by atoms with Crippen molar-refractivity contribution in [2.45, 2.75) is 42.3 Å². The molecule has 0 aromatic heterocycles. The van der Waals surface area contributed by atoms with Crippen molar-refractivity contribution < 1.29 is 0 Å². The first kappa shape index (κ1) is 13.2. The molecule has 15 heavy (non-hydrogen) atoms. The van der Waals surface area contributed by atoms with Crippen LogP contribution in [0.25, 0.3) is 0 Å². The van der Waals surface area contributed by atoms with E-state index in [9.17, 15) is 0 Å². The predicted molar refractivity (Wildman–Crippen MR) is 74.9 cm³/mol. The summed E-state index contributed by atoms with van der Waals surface area (Å²) in [5.41, 5.74) is 1.49. The zero-order valence-electron chi connectivity index (χ0n) is 10.1. The van der Waals surface area contributed by atoms with E-state index in [2.05, 4.69) is 61.2 Å². The average molecular weight is 283 g/mol. The van der Waals surface area contributed by atoms with Gasteiger partial charge in [-0.1, -0.05) is 0 Å². The quantitative estimate of drug-likeness (QED) is 0.667. The fourth-order valence-corrected chi connectivity index (χ4v) is 13.1. The molecule has 0 saturated carbocycles. The first-order valence-electron chi connectivity index (χ1n) is 5.94. The molecule has 0 aliphatic carbocycles. The van der Waals surface area contributed by atoms with Gasteiger partial charge in [0.15, 0.2) is 0 Å². The van der Waals surface area contributed by atoms with E-state index in [0.29, 0.717) is 0 Å². The van der Waals surface area contributed by atoms with Crippen LogP contribution in [0.1, 0.15) is 26.3 Å². The van der Waals surface area contributed by atoms with Crippen LogP contribution in [-0.2, 0) is 5.75 Å². The van der Waals surface area contributed by atoms with E-state index in [-0.39, 0.29) is 0 Å². The third-order valence-corrected chi connectivity index (χ3v) is 21.8. The standard InChI is InChI=1S/C13H22GeS/c1-4-14(5-2,6-3)15-12-13-10-8-7-9-11-13/h7-11H,4-6,12H2,1-3H3. The van der Waals surface area contributed by atoms with Crippen LogP contribution >= 0.6 is 10.1 Å². The fourth-order valence-electron chi connectivity index (χ4n) is 1.87. The van der Waals surface area contributed by atoms with Gasteiger partial charge in [-0.15, -0.1) is 0 Å². The molecule has 0 fully saturated rings. The SMILES string of the molecule is C[CH2][Ge]([CH2]C)([CH2]C)[S]Cc1ccccc1. The minimum atomic E-state index is -1.50. The van der Waals surface area contributed by atoms with Gasteiger partial charge in [0, 0.05) is 0 Å². The summed E-state index contributed by atoms with van der Waals surface area (Å²) >= 11 is -1.50. The van der Waals surface area contributed by atoms with Crippen molar-refractivity contribution in [2.75, 3.05) is 0 Å². The van der Waals surface area contributed by atoms with E-state index >= 15 is 0 Å². The molecule has 0 heterocycles. The van der Waals surface area contributed by atoms with E-state index in [1.807, 2.05) is 0 Å². The van der Waals surface area contributed by atoms with Crippen molar-refractivity contribution in [2.24, 2.45) is 0 Å². The topological polar surface area (TPSA) is 0 Å². The van der Waals surface area contributed by atoms with Crippen LogP contribution < -0.4 is 0 Å². The van der Waals surface area contributed by atoms with E-state index in [1.165, 1.54) is 27.1 Å². The minimum absolute atomic E-state index is 1.23. The van der Waals surface area contributed by atoms with Crippen LogP contribution in [0.15, 0.2) is 30.3 Å². The van der Waals surface area contributed by atoms with Gasteiger partial charge in [0.1, 0.15) is 0 Å². The van der Waals surface area contributed by atoms with Gasteiger partial charge in [0.2, 0.25) is 0 Å². The molecule has 0 unspecified atom stereocenters. The summed E-state index contributed by atoms with van der Waals surface area (Å²) < 4.78 is 0. The third-order valence-electron chi connectivity index (χ3n) is 3.32. The Hall–Kier alpha value is 0.113. The first-order valence-corrected chi connectivity index (χ1v) is 13.9. The van der Waals surface area contributed by atoms with Crippen molar-refractivity contribution in [1.29, 1.82) is 0 Å². The molecule has 0 aliphatic rings. The average Bonchev–Trinajstić information content (AvgIpc) is 2.33. The number of benzene rings is 1. The van der Waals surface area contributed by atoms with Gasteiger partial charge in [0.05, 0.1) is 0 Å². The van der Waals surface area contributed by atoms with Crippen molar-refractivity contribution in [3.05, 3.63) is 35.9 Å². The Kier molecular flexibility index (Phi) is 5.84. The summed E-state index contributed by atoms with van der Waals surface area (Å²) in [7, 11) is 2.31. The molecule has 0 radical (unpaired) electrons. The van der Waals surface area contributed by atoms with Crippen LogP contribution in [0.2, 0.25) is 15.8 Å². The molecule has 0 bridgehead atoms. The molecule has 1 aromatic carbocycles. The molecule has 1 rings (SSSR count). The second-order valence-corrected chi connectivity index (χ2v) is 20.3.